The van der Waals surface area contributed by atoms with Crippen molar-refractivity contribution in [2.45, 2.75) is 9.79 Å². The number of benzene rings is 2. The smallest absolute Gasteiger partial charge is 0.261 e. The lowest BCUT2D eigenvalue weighted by molar-refractivity contribution is 0.0730. The fourth-order valence-electron chi connectivity index (χ4n) is 3.05. The third-order valence-corrected chi connectivity index (χ3v) is 8.14. The molecular formula is C18H18ClN5O5S2. The van der Waals surface area contributed by atoms with Crippen LogP contribution in [0.2, 0.25) is 5.02 Å². The monoisotopic (exact) mass is 483 g/mol. The van der Waals surface area contributed by atoms with E-state index < -0.39 is 20.0 Å². The highest BCUT2D eigenvalue weighted by Gasteiger charge is 2.27. The average Bonchev–Trinajstić information content (AvgIpc) is 3.29. The quantitative estimate of drug-likeness (QED) is 0.566. The molecule has 31 heavy (non-hydrogen) atoms. The van der Waals surface area contributed by atoms with Gasteiger partial charge in [-0.3, -0.25) is 4.72 Å². The summed E-state index contributed by atoms with van der Waals surface area (Å²) in [6, 6.07) is 9.69. The summed E-state index contributed by atoms with van der Waals surface area (Å²) < 4.78 is 61.7. The number of ether oxygens (including phenoxy) is 1. The number of aromatic nitrogens is 3. The van der Waals surface area contributed by atoms with Crippen molar-refractivity contribution in [1.29, 1.82) is 0 Å². The van der Waals surface area contributed by atoms with Gasteiger partial charge in [0, 0.05) is 18.1 Å². The molecule has 1 aliphatic heterocycles. The zero-order chi connectivity index (χ0) is 22.1. The second kappa shape index (κ2) is 8.55. The van der Waals surface area contributed by atoms with E-state index >= 15 is 0 Å². The summed E-state index contributed by atoms with van der Waals surface area (Å²) in [6.07, 6.45) is 2.74. The highest BCUT2D eigenvalue weighted by atomic mass is 35.5. The van der Waals surface area contributed by atoms with E-state index in [4.69, 9.17) is 16.3 Å². The Morgan fingerprint density at radius 3 is 2.29 bits per heavy atom. The van der Waals surface area contributed by atoms with Gasteiger partial charge in [0.05, 0.1) is 34.4 Å². The highest BCUT2D eigenvalue weighted by Crippen LogP contribution is 2.27. The van der Waals surface area contributed by atoms with Crippen LogP contribution in [-0.4, -0.2) is 62.2 Å². The first-order valence-electron chi connectivity index (χ1n) is 9.13. The zero-order valence-electron chi connectivity index (χ0n) is 16.0. The molecule has 0 saturated carbocycles. The Morgan fingerprint density at radius 2 is 1.65 bits per heavy atom. The third-order valence-electron chi connectivity index (χ3n) is 4.61. The van der Waals surface area contributed by atoms with Gasteiger partial charge in [-0.05, 0) is 42.5 Å². The van der Waals surface area contributed by atoms with Crippen LogP contribution < -0.4 is 4.72 Å². The molecule has 3 aromatic rings. The topological polar surface area (TPSA) is 123 Å². The van der Waals surface area contributed by atoms with Gasteiger partial charge >= 0.3 is 0 Å². The van der Waals surface area contributed by atoms with Crippen molar-refractivity contribution in [2.24, 2.45) is 0 Å². The molecule has 0 amide bonds. The molecule has 1 N–H and O–H groups in total. The highest BCUT2D eigenvalue weighted by molar-refractivity contribution is 7.92. The lowest BCUT2D eigenvalue weighted by Gasteiger charge is -2.26. The van der Waals surface area contributed by atoms with Crippen LogP contribution in [-0.2, 0) is 24.8 Å². The molecule has 0 aliphatic carbocycles. The second-order valence-corrected chi connectivity index (χ2v) is 10.7. The van der Waals surface area contributed by atoms with Gasteiger partial charge in [0.25, 0.3) is 10.0 Å². The minimum atomic E-state index is -4.03. The van der Waals surface area contributed by atoms with Crippen molar-refractivity contribution in [3.63, 3.8) is 0 Å². The van der Waals surface area contributed by atoms with Crippen molar-refractivity contribution in [2.75, 3.05) is 31.0 Å². The number of hydrogen-bond acceptors (Lipinski definition) is 7. The SMILES string of the molecule is O=S(=O)(Nc1cc(Cl)ccc1-n1cncn1)c1ccc(S(=O)(=O)N2CCOCC2)cc1. The number of sulfonamides is 2. The fraction of sp³-hybridized carbons (Fsp3) is 0.222. The summed E-state index contributed by atoms with van der Waals surface area (Å²) in [5.74, 6) is 0. The number of rotatable bonds is 6. The molecule has 4 rings (SSSR count). The Hall–Kier alpha value is -2.51. The molecule has 0 bridgehead atoms. The number of nitrogens with zero attached hydrogens (tertiary/aromatic N) is 4. The molecule has 1 saturated heterocycles. The molecule has 0 atom stereocenters. The zero-order valence-corrected chi connectivity index (χ0v) is 18.4. The maximum absolute atomic E-state index is 12.9. The molecule has 10 nitrogen and oxygen atoms in total. The van der Waals surface area contributed by atoms with Crippen LogP contribution in [0.3, 0.4) is 0 Å². The average molecular weight is 484 g/mol. The predicted molar refractivity (Wildman–Crippen MR) is 113 cm³/mol. The third kappa shape index (κ3) is 4.57. The molecule has 0 unspecified atom stereocenters. The van der Waals surface area contributed by atoms with Gasteiger partial charge in [-0.1, -0.05) is 11.6 Å². The van der Waals surface area contributed by atoms with Gasteiger partial charge in [-0.2, -0.15) is 9.40 Å². The summed E-state index contributed by atoms with van der Waals surface area (Å²) in [5.41, 5.74) is 0.625. The van der Waals surface area contributed by atoms with E-state index in [0.717, 1.165) is 0 Å². The fourth-order valence-corrected chi connectivity index (χ4v) is 5.70. The van der Waals surface area contributed by atoms with Crippen LogP contribution in [0.15, 0.2) is 64.9 Å². The normalized spacial score (nSPS) is 15.6. The maximum atomic E-state index is 12.9. The van der Waals surface area contributed by atoms with Crippen molar-refractivity contribution in [1.82, 2.24) is 19.1 Å². The first kappa shape index (κ1) is 21.7. The van der Waals surface area contributed by atoms with Crippen LogP contribution in [0.5, 0.6) is 0 Å². The van der Waals surface area contributed by atoms with Crippen molar-refractivity contribution in [3.05, 3.63) is 60.1 Å². The van der Waals surface area contributed by atoms with Crippen molar-refractivity contribution < 1.29 is 21.6 Å². The summed E-state index contributed by atoms with van der Waals surface area (Å²) in [7, 11) is -7.75. The Bertz CT molecular complexity index is 1270. The molecule has 13 heteroatoms. The van der Waals surface area contributed by atoms with Crippen molar-refractivity contribution >= 4 is 37.3 Å². The summed E-state index contributed by atoms with van der Waals surface area (Å²) in [6.45, 7) is 1.15. The van der Waals surface area contributed by atoms with E-state index in [0.29, 0.717) is 23.9 Å². The van der Waals surface area contributed by atoms with E-state index in [2.05, 4.69) is 14.8 Å². The number of nitrogens with one attached hydrogen (secondary N) is 1. The Morgan fingerprint density at radius 1 is 0.968 bits per heavy atom. The molecule has 1 fully saturated rings. The summed E-state index contributed by atoms with van der Waals surface area (Å²) in [4.78, 5) is 3.78. The number of anilines is 1. The first-order valence-corrected chi connectivity index (χ1v) is 12.4. The van der Waals surface area contributed by atoms with E-state index in [9.17, 15) is 16.8 Å². The minimum Gasteiger partial charge on any atom is -0.379 e. The van der Waals surface area contributed by atoms with Crippen LogP contribution in [0, 0.1) is 0 Å². The van der Waals surface area contributed by atoms with E-state index in [1.54, 1.807) is 12.1 Å². The van der Waals surface area contributed by atoms with Gasteiger partial charge in [-0.25, -0.2) is 26.5 Å². The number of halogens is 1. The van der Waals surface area contributed by atoms with Gasteiger partial charge in [0.15, 0.2) is 0 Å². The van der Waals surface area contributed by atoms with E-state index in [1.807, 2.05) is 0 Å². The van der Waals surface area contributed by atoms with E-state index in [-0.39, 0.29) is 28.6 Å². The Balaban J connectivity index is 1.61. The molecule has 2 aromatic carbocycles. The van der Waals surface area contributed by atoms with Crippen molar-refractivity contribution in [3.8, 4) is 5.69 Å². The molecule has 0 spiro atoms. The van der Waals surface area contributed by atoms with Crippen LogP contribution in [0.25, 0.3) is 5.69 Å². The number of hydrogen-bond donors (Lipinski definition) is 1. The lowest BCUT2D eigenvalue weighted by atomic mass is 10.3. The second-order valence-electron chi connectivity index (χ2n) is 6.59. The van der Waals surface area contributed by atoms with Crippen LogP contribution in [0.1, 0.15) is 0 Å². The van der Waals surface area contributed by atoms with E-state index in [1.165, 1.54) is 52.0 Å². The minimum absolute atomic E-state index is 0.0133. The van der Waals surface area contributed by atoms with Gasteiger partial charge in [0.1, 0.15) is 12.7 Å². The standard InChI is InChI=1S/C18H18ClN5O5S2/c19-14-1-6-18(24-13-20-12-21-24)17(11-14)22-30(25,26)15-2-4-16(5-3-15)31(27,28)23-7-9-29-10-8-23/h1-6,11-13,22H,7-10H2. The first-order chi connectivity index (χ1) is 14.8. The van der Waals surface area contributed by atoms with Crippen LogP contribution in [0.4, 0.5) is 5.69 Å². The molecular weight excluding hydrogens is 466 g/mol. The molecule has 1 aliphatic rings. The maximum Gasteiger partial charge on any atom is 0.261 e. The molecule has 1 aromatic heterocycles. The van der Waals surface area contributed by atoms with Gasteiger partial charge in [-0.15, -0.1) is 0 Å². The summed E-state index contributed by atoms with van der Waals surface area (Å²) >= 11 is 6.04. The van der Waals surface area contributed by atoms with Gasteiger partial charge in [0.2, 0.25) is 10.0 Å². The number of morpholine rings is 1. The van der Waals surface area contributed by atoms with Gasteiger partial charge < -0.3 is 4.74 Å². The summed E-state index contributed by atoms with van der Waals surface area (Å²) in [5, 5.41) is 4.34. The molecule has 2 heterocycles. The molecule has 164 valence electrons. The Labute approximate surface area is 184 Å². The lowest BCUT2D eigenvalue weighted by Crippen LogP contribution is -2.40. The Kier molecular flexibility index (Phi) is 5.99. The van der Waals surface area contributed by atoms with Crippen LogP contribution >= 0.6 is 11.6 Å². The predicted octanol–water partition coefficient (Wildman–Crippen LogP) is 1.74. The molecule has 0 radical (unpaired) electrons. The largest absolute Gasteiger partial charge is 0.379 e.